The summed E-state index contributed by atoms with van der Waals surface area (Å²) < 4.78 is 26.2. The third-order valence-electron chi connectivity index (χ3n) is 2.86. The van der Waals surface area contributed by atoms with Gasteiger partial charge in [-0.15, -0.1) is 0 Å². The van der Waals surface area contributed by atoms with Crippen molar-refractivity contribution in [2.45, 2.75) is 25.3 Å². The second-order valence-electron chi connectivity index (χ2n) is 4.44. The molecule has 0 aromatic heterocycles. The zero-order valence-electron chi connectivity index (χ0n) is 9.92. The lowest BCUT2D eigenvalue weighted by Crippen LogP contribution is -2.48. The predicted octanol–water partition coefficient (Wildman–Crippen LogP) is 1.92. The van der Waals surface area contributed by atoms with Gasteiger partial charge in [-0.1, -0.05) is 13.8 Å². The van der Waals surface area contributed by atoms with Gasteiger partial charge in [-0.2, -0.15) is 0 Å². The summed E-state index contributed by atoms with van der Waals surface area (Å²) in [6.07, 6.45) is 0. The third-order valence-corrected chi connectivity index (χ3v) is 2.86. The van der Waals surface area contributed by atoms with E-state index >= 15 is 0 Å². The molecule has 0 unspecified atom stereocenters. The highest BCUT2D eigenvalue weighted by Crippen LogP contribution is 2.28. The van der Waals surface area contributed by atoms with Crippen LogP contribution in [0.25, 0.3) is 0 Å². The molecule has 1 aromatic carbocycles. The molecular formula is C12H15F2NO2. The van der Waals surface area contributed by atoms with Crippen LogP contribution in [0.2, 0.25) is 0 Å². The molecule has 1 aromatic rings. The predicted molar refractivity (Wildman–Crippen MR) is 59.9 cm³/mol. The van der Waals surface area contributed by atoms with Gasteiger partial charge in [0.15, 0.2) is 0 Å². The Morgan fingerprint density at radius 3 is 2.12 bits per heavy atom. The zero-order valence-corrected chi connectivity index (χ0v) is 9.92. The lowest BCUT2D eigenvalue weighted by atomic mass is 9.77. The molecule has 1 rings (SSSR count). The highest BCUT2D eigenvalue weighted by atomic mass is 19.1. The van der Waals surface area contributed by atoms with E-state index in [9.17, 15) is 13.6 Å². The fourth-order valence-corrected chi connectivity index (χ4v) is 1.89. The summed E-state index contributed by atoms with van der Waals surface area (Å²) in [5.74, 6) is -2.50. The van der Waals surface area contributed by atoms with Gasteiger partial charge in [0.2, 0.25) is 0 Å². The highest BCUT2D eigenvalue weighted by molar-refractivity contribution is 5.76. The van der Waals surface area contributed by atoms with Crippen LogP contribution in [0.1, 0.15) is 19.4 Å². The van der Waals surface area contributed by atoms with Crippen LogP contribution < -0.4 is 5.32 Å². The van der Waals surface area contributed by atoms with Crippen molar-refractivity contribution in [1.29, 1.82) is 0 Å². The number of halogens is 2. The summed E-state index contributed by atoms with van der Waals surface area (Å²) >= 11 is 0. The Morgan fingerprint density at radius 1 is 1.29 bits per heavy atom. The lowest BCUT2D eigenvalue weighted by molar-refractivity contribution is -0.141. The SMILES string of the molecule is CN[C@H](C(=O)O)C(C)(C)c1cc(F)cc(F)c1. The van der Waals surface area contributed by atoms with Gasteiger partial charge in [-0.3, -0.25) is 4.79 Å². The Bertz CT molecular complexity index is 412. The van der Waals surface area contributed by atoms with E-state index in [1.165, 1.54) is 7.05 Å². The first-order chi connectivity index (χ1) is 7.78. The number of nitrogens with one attached hydrogen (secondary N) is 1. The van der Waals surface area contributed by atoms with Gasteiger partial charge in [-0.05, 0) is 24.7 Å². The van der Waals surface area contributed by atoms with Gasteiger partial charge in [-0.25, -0.2) is 8.78 Å². The van der Waals surface area contributed by atoms with E-state index in [0.29, 0.717) is 5.56 Å². The Kier molecular flexibility index (Phi) is 3.83. The molecule has 0 radical (unpaired) electrons. The molecular weight excluding hydrogens is 228 g/mol. The Morgan fingerprint density at radius 2 is 1.76 bits per heavy atom. The normalized spacial score (nSPS) is 13.5. The number of carbonyl (C=O) groups is 1. The number of rotatable bonds is 4. The zero-order chi connectivity index (χ0) is 13.2. The summed E-state index contributed by atoms with van der Waals surface area (Å²) in [7, 11) is 1.50. The van der Waals surface area contributed by atoms with Crippen LogP contribution in [0.3, 0.4) is 0 Å². The van der Waals surface area contributed by atoms with Crippen LogP contribution in [-0.2, 0) is 10.2 Å². The van der Waals surface area contributed by atoms with Crippen LogP contribution in [0.4, 0.5) is 8.78 Å². The Hall–Kier alpha value is -1.49. The second-order valence-corrected chi connectivity index (χ2v) is 4.44. The molecule has 94 valence electrons. The Labute approximate surface area is 98.5 Å². The molecule has 17 heavy (non-hydrogen) atoms. The standard InChI is InChI=1S/C12H15F2NO2/c1-12(2,10(15-3)11(16)17)7-4-8(13)6-9(14)5-7/h4-6,10,15H,1-3H3,(H,16,17)/t10-/m1/s1. The van der Waals surface area contributed by atoms with Crippen molar-refractivity contribution in [2.75, 3.05) is 7.05 Å². The van der Waals surface area contributed by atoms with E-state index in [1.54, 1.807) is 13.8 Å². The van der Waals surface area contributed by atoms with E-state index in [-0.39, 0.29) is 0 Å². The number of aliphatic carboxylic acids is 1. The van der Waals surface area contributed by atoms with Crippen LogP contribution in [0, 0.1) is 11.6 Å². The van der Waals surface area contributed by atoms with Gasteiger partial charge in [0.25, 0.3) is 0 Å². The number of benzene rings is 1. The molecule has 0 saturated carbocycles. The first-order valence-corrected chi connectivity index (χ1v) is 5.15. The van der Waals surface area contributed by atoms with E-state index in [2.05, 4.69) is 5.32 Å². The molecule has 0 saturated heterocycles. The smallest absolute Gasteiger partial charge is 0.321 e. The topological polar surface area (TPSA) is 49.3 Å². The summed E-state index contributed by atoms with van der Waals surface area (Å²) in [5, 5.41) is 11.7. The van der Waals surface area contributed by atoms with Crippen molar-refractivity contribution in [3.63, 3.8) is 0 Å². The van der Waals surface area contributed by atoms with Crippen molar-refractivity contribution in [3.8, 4) is 0 Å². The molecule has 2 N–H and O–H groups in total. The molecule has 0 aliphatic carbocycles. The average molecular weight is 243 g/mol. The number of likely N-dealkylation sites (N-methyl/N-ethyl adjacent to an activating group) is 1. The molecule has 5 heteroatoms. The average Bonchev–Trinajstić information content (AvgIpc) is 2.15. The maximum Gasteiger partial charge on any atom is 0.321 e. The van der Waals surface area contributed by atoms with Gasteiger partial charge in [0.1, 0.15) is 17.7 Å². The first-order valence-electron chi connectivity index (χ1n) is 5.15. The fraction of sp³-hybridized carbons (Fsp3) is 0.417. The van der Waals surface area contributed by atoms with Crippen molar-refractivity contribution >= 4 is 5.97 Å². The Balaban J connectivity index is 3.23. The second kappa shape index (κ2) is 4.79. The van der Waals surface area contributed by atoms with Crippen LogP contribution >= 0.6 is 0 Å². The van der Waals surface area contributed by atoms with Crippen molar-refractivity contribution in [2.24, 2.45) is 0 Å². The molecule has 0 spiro atoms. The monoisotopic (exact) mass is 243 g/mol. The first kappa shape index (κ1) is 13.6. The van der Waals surface area contributed by atoms with Crippen molar-refractivity contribution in [3.05, 3.63) is 35.4 Å². The molecule has 0 aliphatic rings. The van der Waals surface area contributed by atoms with Crippen LogP contribution in [-0.4, -0.2) is 24.2 Å². The van der Waals surface area contributed by atoms with E-state index in [1.807, 2.05) is 0 Å². The molecule has 1 atom stereocenters. The maximum atomic E-state index is 13.1. The number of hydrogen-bond acceptors (Lipinski definition) is 2. The summed E-state index contributed by atoms with van der Waals surface area (Å²) in [6.45, 7) is 3.24. The van der Waals surface area contributed by atoms with Crippen LogP contribution in [0.15, 0.2) is 18.2 Å². The summed E-state index contributed by atoms with van der Waals surface area (Å²) in [5.41, 5.74) is -0.625. The summed E-state index contributed by atoms with van der Waals surface area (Å²) in [4.78, 5) is 11.1. The van der Waals surface area contributed by atoms with Gasteiger partial charge in [0.05, 0.1) is 0 Å². The fourth-order valence-electron chi connectivity index (χ4n) is 1.89. The molecule has 0 fully saturated rings. The quantitative estimate of drug-likeness (QED) is 0.849. The molecule has 0 aliphatic heterocycles. The number of carboxylic acids is 1. The maximum absolute atomic E-state index is 13.1. The molecule has 3 nitrogen and oxygen atoms in total. The largest absolute Gasteiger partial charge is 0.480 e. The van der Waals surface area contributed by atoms with Crippen molar-refractivity contribution < 1.29 is 18.7 Å². The van der Waals surface area contributed by atoms with E-state index < -0.39 is 29.1 Å². The minimum atomic E-state index is -1.07. The number of hydrogen-bond donors (Lipinski definition) is 2. The van der Waals surface area contributed by atoms with Crippen LogP contribution in [0.5, 0.6) is 0 Å². The number of carboxylic acid groups (broad SMARTS) is 1. The molecule has 0 amide bonds. The van der Waals surface area contributed by atoms with Gasteiger partial charge >= 0.3 is 5.97 Å². The summed E-state index contributed by atoms with van der Waals surface area (Å²) in [6, 6.07) is 2.13. The van der Waals surface area contributed by atoms with Gasteiger partial charge < -0.3 is 10.4 Å². The third kappa shape index (κ3) is 2.79. The lowest BCUT2D eigenvalue weighted by Gasteiger charge is -2.31. The highest BCUT2D eigenvalue weighted by Gasteiger charge is 2.36. The molecule has 0 heterocycles. The minimum absolute atomic E-state index is 0.303. The van der Waals surface area contributed by atoms with E-state index in [0.717, 1.165) is 18.2 Å². The van der Waals surface area contributed by atoms with Gasteiger partial charge in [0, 0.05) is 11.5 Å². The van der Waals surface area contributed by atoms with Crippen molar-refractivity contribution in [1.82, 2.24) is 5.32 Å². The minimum Gasteiger partial charge on any atom is -0.480 e. The van der Waals surface area contributed by atoms with E-state index in [4.69, 9.17) is 5.11 Å². The molecule has 0 bridgehead atoms.